The molecule has 0 N–H and O–H groups in total. The highest BCUT2D eigenvalue weighted by Crippen LogP contribution is 2.40. The smallest absolute Gasteiger partial charge is 0.350 e. The van der Waals surface area contributed by atoms with E-state index < -0.39 is 0 Å². The van der Waals surface area contributed by atoms with E-state index in [1.807, 2.05) is 18.2 Å². The highest BCUT2D eigenvalue weighted by molar-refractivity contribution is 5.76. The predicted molar refractivity (Wildman–Crippen MR) is 149 cm³/mol. The summed E-state index contributed by atoms with van der Waals surface area (Å²) in [6.45, 7) is 10.9. The summed E-state index contributed by atoms with van der Waals surface area (Å²) in [7, 11) is 3.23. The average molecular weight is 520 g/mol. The lowest BCUT2D eigenvalue weighted by atomic mass is 9.96. The first-order valence-corrected chi connectivity index (χ1v) is 13.1. The highest BCUT2D eigenvalue weighted by Gasteiger charge is 2.27. The molecule has 1 aliphatic heterocycles. The van der Waals surface area contributed by atoms with Crippen molar-refractivity contribution in [2.75, 3.05) is 25.7 Å². The molecule has 1 unspecified atom stereocenters. The Balaban J connectivity index is 1.88. The molecule has 1 aromatic heterocycles. The minimum Gasteiger partial charge on any atom is -0.493 e. The van der Waals surface area contributed by atoms with E-state index in [0.29, 0.717) is 43.3 Å². The number of benzene rings is 2. The van der Waals surface area contributed by atoms with Crippen LogP contribution in [-0.4, -0.2) is 42.4 Å². The summed E-state index contributed by atoms with van der Waals surface area (Å²) in [6, 6.07) is 10.0. The highest BCUT2D eigenvalue weighted by atomic mass is 16.5. The fourth-order valence-electron chi connectivity index (χ4n) is 5.46. The van der Waals surface area contributed by atoms with E-state index >= 15 is 0 Å². The SMILES string of the molecule is CCOC(=O)CCC(C)N(c1cc2n(c(=O)n1)CCc1cc(OC)c(OC)cc1-2)c1c(C)cc(C)cc1C. The molecule has 202 valence electrons. The van der Waals surface area contributed by atoms with Gasteiger partial charge in [0.2, 0.25) is 0 Å². The first-order chi connectivity index (χ1) is 18.2. The normalized spacial score (nSPS) is 12.8. The van der Waals surface area contributed by atoms with Gasteiger partial charge in [0.15, 0.2) is 11.5 Å². The molecule has 1 aliphatic rings. The number of aromatic nitrogens is 2. The number of nitrogens with zero attached hydrogens (tertiary/aromatic N) is 3. The molecular formula is C30H37N3O5. The number of carbonyl (C=O) groups is 1. The lowest BCUT2D eigenvalue weighted by Crippen LogP contribution is -2.35. The Morgan fingerprint density at radius 2 is 1.71 bits per heavy atom. The van der Waals surface area contributed by atoms with Gasteiger partial charge in [-0.15, -0.1) is 0 Å². The van der Waals surface area contributed by atoms with E-state index in [0.717, 1.165) is 39.2 Å². The number of rotatable bonds is 9. The summed E-state index contributed by atoms with van der Waals surface area (Å²) in [4.78, 5) is 32.2. The van der Waals surface area contributed by atoms with Gasteiger partial charge in [-0.3, -0.25) is 9.36 Å². The molecule has 3 aromatic rings. The maximum Gasteiger partial charge on any atom is 0.350 e. The van der Waals surface area contributed by atoms with Crippen LogP contribution in [0.5, 0.6) is 11.5 Å². The average Bonchev–Trinajstić information content (AvgIpc) is 2.88. The summed E-state index contributed by atoms with van der Waals surface area (Å²) in [6.07, 6.45) is 1.52. The van der Waals surface area contributed by atoms with Crippen molar-refractivity contribution in [3.8, 4) is 22.8 Å². The number of carbonyl (C=O) groups excluding carboxylic acids is 1. The van der Waals surface area contributed by atoms with Crippen molar-refractivity contribution in [2.45, 2.75) is 66.5 Å². The molecule has 2 heterocycles. The molecule has 0 fully saturated rings. The minimum atomic E-state index is -0.303. The van der Waals surface area contributed by atoms with Crippen LogP contribution in [0.4, 0.5) is 11.5 Å². The standard InChI is InChI=1S/C30H37N3O5/c1-8-38-28(34)10-9-21(5)33(29-19(3)13-18(2)14-20(29)4)27-17-24-23-16-26(37-7)25(36-6)15-22(23)11-12-32(24)30(35)31-27/h13-17,21H,8-12H2,1-7H3. The van der Waals surface area contributed by atoms with Gasteiger partial charge < -0.3 is 19.1 Å². The largest absolute Gasteiger partial charge is 0.493 e. The topological polar surface area (TPSA) is 82.9 Å². The van der Waals surface area contributed by atoms with Crippen LogP contribution < -0.4 is 20.1 Å². The molecule has 0 amide bonds. The number of methoxy groups -OCH3 is 2. The first-order valence-electron chi connectivity index (χ1n) is 13.1. The number of aryl methyl sites for hydroxylation is 4. The molecule has 0 radical (unpaired) electrons. The Morgan fingerprint density at radius 1 is 1.05 bits per heavy atom. The number of fused-ring (bicyclic) bond motifs is 3. The maximum absolute atomic E-state index is 13.4. The van der Waals surface area contributed by atoms with E-state index in [2.05, 4.69) is 49.7 Å². The summed E-state index contributed by atoms with van der Waals surface area (Å²) in [5.74, 6) is 1.59. The van der Waals surface area contributed by atoms with Crippen LogP contribution in [0, 0.1) is 20.8 Å². The zero-order chi connectivity index (χ0) is 27.6. The van der Waals surface area contributed by atoms with Crippen LogP contribution in [-0.2, 0) is 22.5 Å². The molecule has 8 heteroatoms. The van der Waals surface area contributed by atoms with Crippen LogP contribution in [0.1, 0.15) is 48.9 Å². The van der Waals surface area contributed by atoms with Crippen LogP contribution in [0.3, 0.4) is 0 Å². The minimum absolute atomic E-state index is 0.122. The predicted octanol–water partition coefficient (Wildman–Crippen LogP) is 5.28. The zero-order valence-corrected chi connectivity index (χ0v) is 23.4. The third-order valence-electron chi connectivity index (χ3n) is 7.12. The quantitative estimate of drug-likeness (QED) is 0.356. The van der Waals surface area contributed by atoms with E-state index in [4.69, 9.17) is 14.2 Å². The lowest BCUT2D eigenvalue weighted by molar-refractivity contribution is -0.143. The Morgan fingerprint density at radius 3 is 2.34 bits per heavy atom. The first kappa shape index (κ1) is 27.2. The molecule has 0 aliphatic carbocycles. The van der Waals surface area contributed by atoms with Crippen LogP contribution in [0.2, 0.25) is 0 Å². The second kappa shape index (κ2) is 11.3. The van der Waals surface area contributed by atoms with Crippen LogP contribution >= 0.6 is 0 Å². The summed E-state index contributed by atoms with van der Waals surface area (Å²) in [5, 5.41) is 0. The second-order valence-electron chi connectivity index (χ2n) is 9.86. The van der Waals surface area contributed by atoms with Crippen molar-refractivity contribution >= 4 is 17.5 Å². The van der Waals surface area contributed by atoms with Gasteiger partial charge >= 0.3 is 11.7 Å². The molecule has 0 saturated heterocycles. The molecule has 0 bridgehead atoms. The number of anilines is 2. The van der Waals surface area contributed by atoms with Gasteiger partial charge in [-0.1, -0.05) is 17.7 Å². The second-order valence-corrected chi connectivity index (χ2v) is 9.86. The third kappa shape index (κ3) is 5.26. The summed E-state index contributed by atoms with van der Waals surface area (Å²) >= 11 is 0. The molecule has 0 saturated carbocycles. The van der Waals surface area contributed by atoms with E-state index in [1.165, 1.54) is 0 Å². The van der Waals surface area contributed by atoms with Gasteiger partial charge in [-0.05, 0) is 76.3 Å². The summed E-state index contributed by atoms with van der Waals surface area (Å²) < 4.78 is 18.0. The molecular weight excluding hydrogens is 482 g/mol. The van der Waals surface area contributed by atoms with Gasteiger partial charge in [-0.2, -0.15) is 4.98 Å². The van der Waals surface area contributed by atoms with Crippen molar-refractivity contribution < 1.29 is 19.0 Å². The Labute approximate surface area is 224 Å². The van der Waals surface area contributed by atoms with Crippen molar-refractivity contribution in [1.82, 2.24) is 9.55 Å². The van der Waals surface area contributed by atoms with Gasteiger partial charge in [-0.25, -0.2) is 4.79 Å². The maximum atomic E-state index is 13.4. The van der Waals surface area contributed by atoms with Crippen LogP contribution in [0.25, 0.3) is 11.3 Å². The van der Waals surface area contributed by atoms with Gasteiger partial charge in [0.1, 0.15) is 5.82 Å². The fourth-order valence-corrected chi connectivity index (χ4v) is 5.46. The number of esters is 1. The van der Waals surface area contributed by atoms with Crippen LogP contribution in [0.15, 0.2) is 35.1 Å². The van der Waals surface area contributed by atoms with Crippen molar-refractivity contribution in [1.29, 1.82) is 0 Å². The monoisotopic (exact) mass is 519 g/mol. The number of hydrogen-bond acceptors (Lipinski definition) is 7. The van der Waals surface area contributed by atoms with E-state index in [1.54, 1.807) is 25.7 Å². The third-order valence-corrected chi connectivity index (χ3v) is 7.12. The number of hydrogen-bond donors (Lipinski definition) is 0. The molecule has 8 nitrogen and oxygen atoms in total. The Kier molecular flexibility index (Phi) is 8.09. The molecule has 4 rings (SSSR count). The fraction of sp³-hybridized carbons (Fsp3) is 0.433. The Bertz CT molecular complexity index is 1390. The Hall–Kier alpha value is -3.81. The van der Waals surface area contributed by atoms with Crippen molar-refractivity contribution in [2.24, 2.45) is 0 Å². The van der Waals surface area contributed by atoms with E-state index in [-0.39, 0.29) is 24.1 Å². The van der Waals surface area contributed by atoms with E-state index in [9.17, 15) is 9.59 Å². The zero-order valence-electron chi connectivity index (χ0n) is 23.4. The molecule has 2 aromatic carbocycles. The molecule has 38 heavy (non-hydrogen) atoms. The lowest BCUT2D eigenvalue weighted by Gasteiger charge is -2.34. The molecule has 1 atom stereocenters. The van der Waals surface area contributed by atoms with Gasteiger partial charge in [0.25, 0.3) is 0 Å². The van der Waals surface area contributed by atoms with Gasteiger partial charge in [0.05, 0.1) is 26.5 Å². The molecule has 0 spiro atoms. The number of ether oxygens (including phenoxy) is 3. The van der Waals surface area contributed by atoms with Gasteiger partial charge in [0, 0.05) is 36.3 Å². The summed E-state index contributed by atoms with van der Waals surface area (Å²) in [5.41, 5.74) is 6.81. The van der Waals surface area contributed by atoms with Crippen molar-refractivity contribution in [3.05, 3.63) is 63.1 Å². The van der Waals surface area contributed by atoms with Crippen molar-refractivity contribution in [3.63, 3.8) is 0 Å².